The Morgan fingerprint density at radius 1 is 1.15 bits per heavy atom. The molecular formula is C24H47N3O4Si2. The number of rotatable bonds is 7. The average molecular weight is 498 g/mol. The molecule has 1 fully saturated rings. The third kappa shape index (κ3) is 5.81. The zero-order chi connectivity index (χ0) is 25.6. The Morgan fingerprint density at radius 3 is 2.15 bits per heavy atom. The molecule has 0 aliphatic carbocycles. The van der Waals surface area contributed by atoms with Crippen molar-refractivity contribution in [2.45, 2.75) is 116 Å². The summed E-state index contributed by atoms with van der Waals surface area (Å²) in [5.74, 6) is 0.333. The molecule has 1 saturated heterocycles. The van der Waals surface area contributed by atoms with Gasteiger partial charge < -0.3 is 19.3 Å². The molecule has 0 aromatic carbocycles. The Hall–Kier alpha value is -1.01. The van der Waals surface area contributed by atoms with Gasteiger partial charge >= 0.3 is 5.69 Å². The van der Waals surface area contributed by atoms with Crippen LogP contribution >= 0.6 is 0 Å². The summed E-state index contributed by atoms with van der Waals surface area (Å²) in [7, 11) is -4.15. The molecule has 1 aromatic rings. The SMILES string of the molecule is CC(C)[C@]1(CO[Si](C)(C)C(C)(C)C)O[C@@H](n2ccc(N)nc2=O)CC1O[Si](C)(C)C(C)(C)C. The van der Waals surface area contributed by atoms with E-state index in [9.17, 15) is 4.79 Å². The zero-order valence-corrected chi connectivity index (χ0v) is 24.9. The van der Waals surface area contributed by atoms with E-state index in [1.165, 1.54) is 4.57 Å². The van der Waals surface area contributed by atoms with Crippen LogP contribution in [0.5, 0.6) is 0 Å². The minimum absolute atomic E-state index is 0.0493. The van der Waals surface area contributed by atoms with Crippen molar-refractivity contribution in [1.29, 1.82) is 0 Å². The largest absolute Gasteiger partial charge is 0.414 e. The number of nitrogens with zero attached hydrogens (tertiary/aromatic N) is 2. The predicted molar refractivity (Wildman–Crippen MR) is 140 cm³/mol. The van der Waals surface area contributed by atoms with Gasteiger partial charge in [0.25, 0.3) is 0 Å². The van der Waals surface area contributed by atoms with Gasteiger partial charge in [-0.1, -0.05) is 55.4 Å². The molecule has 0 radical (unpaired) electrons. The van der Waals surface area contributed by atoms with E-state index in [4.69, 9.17) is 19.3 Å². The van der Waals surface area contributed by atoms with E-state index in [1.54, 1.807) is 12.3 Å². The minimum atomic E-state index is -2.12. The van der Waals surface area contributed by atoms with E-state index in [1.807, 2.05) is 0 Å². The molecule has 0 spiro atoms. The van der Waals surface area contributed by atoms with Crippen LogP contribution in [0.4, 0.5) is 5.82 Å². The summed E-state index contributed by atoms with van der Waals surface area (Å²) in [5.41, 5.74) is 4.65. The maximum absolute atomic E-state index is 12.6. The summed E-state index contributed by atoms with van der Waals surface area (Å²) in [5, 5.41) is 0.129. The van der Waals surface area contributed by atoms with Gasteiger partial charge in [0.05, 0.1) is 12.7 Å². The summed E-state index contributed by atoms with van der Waals surface area (Å²) < 4.78 is 22.0. The van der Waals surface area contributed by atoms with Crippen molar-refractivity contribution in [2.75, 3.05) is 12.3 Å². The fourth-order valence-electron chi connectivity index (χ4n) is 3.57. The number of hydrogen-bond acceptors (Lipinski definition) is 6. The second kappa shape index (κ2) is 9.22. The standard InChI is InChI=1S/C24H47N3O4Si2/c1-17(2)24(16-29-32(9,10)22(3,4)5)18(31-33(11,12)23(6,7)8)15-20(30-24)27-14-13-19(25)26-21(27)28/h13-14,17-18,20H,15-16H2,1-12H3,(H2,25,26,28)/t18?,20-,24+/m1/s1. The summed E-state index contributed by atoms with van der Waals surface area (Å²) >= 11 is 0. The summed E-state index contributed by atoms with van der Waals surface area (Å²) in [4.78, 5) is 16.6. The molecule has 0 saturated carbocycles. The van der Waals surface area contributed by atoms with Crippen LogP contribution in [-0.2, 0) is 13.6 Å². The van der Waals surface area contributed by atoms with Crippen molar-refractivity contribution < 1.29 is 13.6 Å². The highest BCUT2D eigenvalue weighted by atomic mass is 28.4. The lowest BCUT2D eigenvalue weighted by Gasteiger charge is -2.46. The summed E-state index contributed by atoms with van der Waals surface area (Å²) in [6, 6.07) is 1.63. The number of nitrogen functional groups attached to an aromatic ring is 1. The Kier molecular flexibility index (Phi) is 7.89. The summed E-state index contributed by atoms with van der Waals surface area (Å²) in [6.45, 7) is 27.2. The van der Waals surface area contributed by atoms with Gasteiger partial charge in [0.15, 0.2) is 16.6 Å². The summed E-state index contributed by atoms with van der Waals surface area (Å²) in [6.07, 6.45) is 1.56. The van der Waals surface area contributed by atoms with Crippen LogP contribution in [0.1, 0.15) is 68.0 Å². The van der Waals surface area contributed by atoms with Crippen molar-refractivity contribution in [1.82, 2.24) is 9.55 Å². The molecule has 1 aromatic heterocycles. The molecule has 7 nitrogen and oxygen atoms in total. The molecule has 1 aliphatic rings. The van der Waals surface area contributed by atoms with E-state index >= 15 is 0 Å². The molecule has 0 amide bonds. The van der Waals surface area contributed by atoms with Gasteiger partial charge in [-0.3, -0.25) is 4.57 Å². The van der Waals surface area contributed by atoms with E-state index in [-0.39, 0.29) is 27.9 Å². The van der Waals surface area contributed by atoms with Crippen LogP contribution in [0.15, 0.2) is 17.1 Å². The Morgan fingerprint density at radius 2 is 1.70 bits per heavy atom. The molecule has 3 atom stereocenters. The molecule has 1 aliphatic heterocycles. The van der Waals surface area contributed by atoms with Gasteiger partial charge in [-0.2, -0.15) is 4.98 Å². The maximum atomic E-state index is 12.6. The first-order valence-corrected chi connectivity index (χ1v) is 17.9. The number of nitrogens with two attached hydrogens (primary N) is 1. The molecule has 190 valence electrons. The fourth-order valence-corrected chi connectivity index (χ4v) is 5.95. The highest BCUT2D eigenvalue weighted by molar-refractivity contribution is 6.74. The van der Waals surface area contributed by atoms with Gasteiger partial charge in [-0.25, -0.2) is 4.79 Å². The first-order valence-electron chi connectivity index (χ1n) is 12.1. The molecule has 0 bridgehead atoms. The van der Waals surface area contributed by atoms with Crippen LogP contribution in [0.2, 0.25) is 36.3 Å². The van der Waals surface area contributed by atoms with Gasteiger partial charge in [-0.15, -0.1) is 0 Å². The zero-order valence-electron chi connectivity index (χ0n) is 22.9. The van der Waals surface area contributed by atoms with Gasteiger partial charge in [0, 0.05) is 12.6 Å². The highest BCUT2D eigenvalue weighted by Gasteiger charge is 2.56. The first kappa shape index (κ1) is 28.2. The van der Waals surface area contributed by atoms with Crippen molar-refractivity contribution >= 4 is 22.5 Å². The van der Waals surface area contributed by atoms with Crippen molar-refractivity contribution in [3.05, 3.63) is 22.7 Å². The third-order valence-electron chi connectivity index (χ3n) is 8.16. The van der Waals surface area contributed by atoms with Crippen LogP contribution in [0.3, 0.4) is 0 Å². The van der Waals surface area contributed by atoms with E-state index in [0.717, 1.165) is 0 Å². The monoisotopic (exact) mass is 497 g/mol. The normalized spacial score (nSPS) is 25.1. The molecule has 33 heavy (non-hydrogen) atoms. The van der Waals surface area contributed by atoms with E-state index in [2.05, 4.69) is 86.6 Å². The third-order valence-corrected chi connectivity index (χ3v) is 17.1. The topological polar surface area (TPSA) is 88.6 Å². The van der Waals surface area contributed by atoms with Crippen LogP contribution < -0.4 is 11.4 Å². The van der Waals surface area contributed by atoms with Crippen molar-refractivity contribution in [2.24, 2.45) is 5.92 Å². The lowest BCUT2D eigenvalue weighted by Crippen LogP contribution is -2.57. The lowest BCUT2D eigenvalue weighted by molar-refractivity contribution is -0.147. The van der Waals surface area contributed by atoms with E-state index < -0.39 is 34.2 Å². The molecule has 2 heterocycles. The number of ether oxygens (including phenoxy) is 1. The Balaban J connectivity index is 2.51. The lowest BCUT2D eigenvalue weighted by atomic mass is 9.86. The van der Waals surface area contributed by atoms with Gasteiger partial charge in [0.2, 0.25) is 0 Å². The Bertz CT molecular complexity index is 887. The average Bonchev–Trinajstić information content (AvgIpc) is 2.97. The minimum Gasteiger partial charge on any atom is -0.414 e. The van der Waals surface area contributed by atoms with Crippen LogP contribution in [0, 0.1) is 5.92 Å². The number of anilines is 1. The Labute approximate surface area is 202 Å². The quantitative estimate of drug-likeness (QED) is 0.497. The van der Waals surface area contributed by atoms with Gasteiger partial charge in [-0.05, 0) is 48.2 Å². The number of aromatic nitrogens is 2. The smallest absolute Gasteiger partial charge is 0.351 e. The predicted octanol–water partition coefficient (Wildman–Crippen LogP) is 5.55. The number of hydrogen-bond donors (Lipinski definition) is 1. The molecule has 2 rings (SSSR count). The second-order valence-corrected chi connectivity index (χ2v) is 22.4. The molecule has 9 heteroatoms. The molecule has 2 N–H and O–H groups in total. The van der Waals surface area contributed by atoms with Gasteiger partial charge in [0.1, 0.15) is 17.6 Å². The first-order chi connectivity index (χ1) is 14.7. The van der Waals surface area contributed by atoms with Crippen LogP contribution in [-0.4, -0.2) is 44.5 Å². The fraction of sp³-hybridized carbons (Fsp3) is 0.833. The molecule has 1 unspecified atom stereocenters. The maximum Gasteiger partial charge on any atom is 0.351 e. The highest BCUT2D eigenvalue weighted by Crippen LogP contribution is 2.48. The van der Waals surface area contributed by atoms with Crippen molar-refractivity contribution in [3.63, 3.8) is 0 Å². The van der Waals surface area contributed by atoms with Crippen molar-refractivity contribution in [3.8, 4) is 0 Å². The second-order valence-electron chi connectivity index (χ2n) is 12.9. The van der Waals surface area contributed by atoms with E-state index in [0.29, 0.717) is 13.0 Å². The van der Waals surface area contributed by atoms with Crippen LogP contribution in [0.25, 0.3) is 0 Å². The molecular weight excluding hydrogens is 450 g/mol.